The number of aliphatic carboxylic acids is 1. The highest BCUT2D eigenvalue weighted by molar-refractivity contribution is 6.30. The molecule has 3 aromatic rings. The van der Waals surface area contributed by atoms with E-state index >= 15 is 0 Å². The Balaban J connectivity index is 1.48. The summed E-state index contributed by atoms with van der Waals surface area (Å²) in [5.74, 6) is -0.847. The first-order valence-electron chi connectivity index (χ1n) is 12.4. The number of carboxylic acids is 1. The number of carboxylic acid groups (broad SMARTS) is 1. The molecular weight excluding hydrogens is 508 g/mol. The number of carbonyl (C=O) groups is 3. The van der Waals surface area contributed by atoms with Crippen LogP contribution in [-0.2, 0) is 22.4 Å². The van der Waals surface area contributed by atoms with Crippen molar-refractivity contribution in [3.8, 4) is 0 Å². The minimum absolute atomic E-state index is 0.0145. The van der Waals surface area contributed by atoms with E-state index in [2.05, 4.69) is 25.6 Å². The summed E-state index contributed by atoms with van der Waals surface area (Å²) in [6.45, 7) is 0.0145. The lowest BCUT2D eigenvalue weighted by atomic mass is 10.1. The number of anilines is 2. The van der Waals surface area contributed by atoms with E-state index in [0.717, 1.165) is 31.2 Å². The van der Waals surface area contributed by atoms with E-state index in [0.29, 0.717) is 29.4 Å². The van der Waals surface area contributed by atoms with E-state index in [-0.39, 0.29) is 41.5 Å². The third-order valence-electron chi connectivity index (χ3n) is 6.24. The number of halogens is 1. The quantitative estimate of drug-likeness (QED) is 0.335. The summed E-state index contributed by atoms with van der Waals surface area (Å²) in [6.07, 6.45) is 5.64. The molecule has 1 aliphatic rings. The van der Waals surface area contributed by atoms with Gasteiger partial charge in [0.25, 0.3) is 5.91 Å². The molecule has 1 aliphatic carbocycles. The first kappa shape index (κ1) is 27.0. The van der Waals surface area contributed by atoms with Crippen LogP contribution in [0.1, 0.15) is 53.1 Å². The molecule has 10 nitrogen and oxygen atoms in total. The first-order valence-corrected chi connectivity index (χ1v) is 12.7. The predicted octanol–water partition coefficient (Wildman–Crippen LogP) is 3.49. The summed E-state index contributed by atoms with van der Waals surface area (Å²) in [5.41, 5.74) is 2.03. The second kappa shape index (κ2) is 12.5. The molecule has 1 fully saturated rings. The van der Waals surface area contributed by atoms with Crippen molar-refractivity contribution < 1.29 is 19.5 Å². The van der Waals surface area contributed by atoms with Crippen molar-refractivity contribution in [3.63, 3.8) is 0 Å². The zero-order valence-corrected chi connectivity index (χ0v) is 21.7. The number of pyridine rings is 1. The molecular formula is C27H29ClN6O4. The van der Waals surface area contributed by atoms with Gasteiger partial charge in [0.2, 0.25) is 5.91 Å². The topological polar surface area (TPSA) is 137 Å². The Labute approximate surface area is 225 Å². The second-order valence-electron chi connectivity index (χ2n) is 9.25. The van der Waals surface area contributed by atoms with Crippen LogP contribution in [0, 0.1) is 0 Å². The molecule has 2 aromatic heterocycles. The van der Waals surface area contributed by atoms with Gasteiger partial charge in [-0.3, -0.25) is 19.4 Å². The van der Waals surface area contributed by atoms with Crippen molar-refractivity contribution in [3.05, 3.63) is 76.5 Å². The molecule has 2 heterocycles. The van der Waals surface area contributed by atoms with Crippen LogP contribution in [0.4, 0.5) is 11.5 Å². The summed E-state index contributed by atoms with van der Waals surface area (Å²) in [4.78, 5) is 51.0. The molecule has 0 aliphatic heterocycles. The summed E-state index contributed by atoms with van der Waals surface area (Å²) in [5, 5.41) is 15.3. The van der Waals surface area contributed by atoms with Crippen molar-refractivity contribution in [2.24, 2.45) is 0 Å². The van der Waals surface area contributed by atoms with Gasteiger partial charge in [-0.1, -0.05) is 42.6 Å². The maximum absolute atomic E-state index is 12.6. The number of carbonyl (C=O) groups excluding carboxylic acids is 2. The molecule has 11 heteroatoms. The van der Waals surface area contributed by atoms with Crippen LogP contribution >= 0.6 is 11.6 Å². The third-order valence-corrected chi connectivity index (χ3v) is 6.56. The Bertz CT molecular complexity index is 1300. The lowest BCUT2D eigenvalue weighted by Crippen LogP contribution is -2.40. The molecule has 0 unspecified atom stereocenters. The lowest BCUT2D eigenvalue weighted by molar-refractivity contribution is -0.136. The van der Waals surface area contributed by atoms with Crippen LogP contribution in [0.25, 0.3) is 0 Å². The number of hydrogen-bond acceptors (Lipinski definition) is 7. The SMILES string of the molecule is CN(CC(=O)NC1CCCC1)c1nc(Cc2ccc(NC(=O)c3ccccn3)cc2)nc(Cl)c1CC(=O)O. The van der Waals surface area contributed by atoms with Crippen LogP contribution in [0.3, 0.4) is 0 Å². The Morgan fingerprint density at radius 1 is 1.08 bits per heavy atom. The number of amides is 2. The molecule has 198 valence electrons. The maximum Gasteiger partial charge on any atom is 0.308 e. The van der Waals surface area contributed by atoms with Crippen LogP contribution < -0.4 is 15.5 Å². The van der Waals surface area contributed by atoms with E-state index < -0.39 is 5.97 Å². The van der Waals surface area contributed by atoms with Crippen LogP contribution in [0.5, 0.6) is 0 Å². The standard InChI is InChI=1S/C27H29ClN6O4/c1-34(16-23(35)30-18-6-2-3-7-18)26-20(15-24(36)37)25(28)32-22(33-26)14-17-9-11-19(12-10-17)31-27(38)21-8-4-5-13-29-21/h4-5,8-13,18H,2-3,6-7,14-16H2,1H3,(H,30,35)(H,31,38)(H,36,37). The van der Waals surface area contributed by atoms with E-state index in [1.165, 1.54) is 0 Å². The highest BCUT2D eigenvalue weighted by Gasteiger charge is 2.22. The zero-order chi connectivity index (χ0) is 27.1. The fourth-order valence-electron chi connectivity index (χ4n) is 4.40. The largest absolute Gasteiger partial charge is 0.481 e. The molecule has 0 bridgehead atoms. The Morgan fingerprint density at radius 3 is 2.47 bits per heavy atom. The normalized spacial score (nSPS) is 13.2. The van der Waals surface area contributed by atoms with E-state index in [1.54, 1.807) is 48.5 Å². The van der Waals surface area contributed by atoms with Gasteiger partial charge in [-0.05, 0) is 42.7 Å². The fourth-order valence-corrected chi connectivity index (χ4v) is 4.65. The van der Waals surface area contributed by atoms with Crippen LogP contribution in [0.2, 0.25) is 5.15 Å². The number of rotatable bonds is 10. The van der Waals surface area contributed by atoms with E-state index in [4.69, 9.17) is 11.6 Å². The number of aromatic nitrogens is 3. The number of likely N-dealkylation sites (N-methyl/N-ethyl adjacent to an activating group) is 1. The van der Waals surface area contributed by atoms with Gasteiger partial charge in [0, 0.05) is 37.0 Å². The Hall–Kier alpha value is -4.05. The summed E-state index contributed by atoms with van der Waals surface area (Å²) >= 11 is 6.41. The summed E-state index contributed by atoms with van der Waals surface area (Å²) in [6, 6.07) is 12.5. The molecule has 1 saturated carbocycles. The highest BCUT2D eigenvalue weighted by atomic mass is 35.5. The number of benzene rings is 1. The minimum Gasteiger partial charge on any atom is -0.481 e. The molecule has 0 atom stereocenters. The molecule has 3 N–H and O–H groups in total. The summed E-state index contributed by atoms with van der Waals surface area (Å²) < 4.78 is 0. The van der Waals surface area contributed by atoms with E-state index in [1.807, 2.05) is 12.1 Å². The van der Waals surface area contributed by atoms with Gasteiger partial charge in [-0.15, -0.1) is 0 Å². The number of nitrogens with zero attached hydrogens (tertiary/aromatic N) is 4. The predicted molar refractivity (Wildman–Crippen MR) is 143 cm³/mol. The monoisotopic (exact) mass is 536 g/mol. The van der Waals surface area contributed by atoms with Crippen molar-refractivity contribution in [1.82, 2.24) is 20.3 Å². The minimum atomic E-state index is -1.07. The summed E-state index contributed by atoms with van der Waals surface area (Å²) in [7, 11) is 1.68. The maximum atomic E-state index is 12.6. The first-order chi connectivity index (χ1) is 18.3. The lowest BCUT2D eigenvalue weighted by Gasteiger charge is -2.22. The average Bonchev–Trinajstić information content (AvgIpc) is 3.39. The Morgan fingerprint density at radius 2 is 1.82 bits per heavy atom. The van der Waals surface area contributed by atoms with Crippen LogP contribution in [0.15, 0.2) is 48.7 Å². The zero-order valence-electron chi connectivity index (χ0n) is 21.0. The second-order valence-corrected chi connectivity index (χ2v) is 9.61. The van der Waals surface area contributed by atoms with Gasteiger partial charge in [-0.2, -0.15) is 0 Å². The van der Waals surface area contributed by atoms with Crippen molar-refractivity contribution in [2.45, 2.75) is 44.6 Å². The fraction of sp³-hybridized carbons (Fsp3) is 0.333. The van der Waals surface area contributed by atoms with Crippen molar-refractivity contribution in [1.29, 1.82) is 0 Å². The molecule has 0 saturated heterocycles. The molecule has 1 aromatic carbocycles. The third kappa shape index (κ3) is 7.25. The molecule has 0 radical (unpaired) electrons. The smallest absolute Gasteiger partial charge is 0.308 e. The molecule has 4 rings (SSSR count). The molecule has 0 spiro atoms. The average molecular weight is 537 g/mol. The molecule has 38 heavy (non-hydrogen) atoms. The van der Waals surface area contributed by atoms with Gasteiger partial charge >= 0.3 is 5.97 Å². The number of nitrogens with one attached hydrogen (secondary N) is 2. The van der Waals surface area contributed by atoms with Crippen LogP contribution in [-0.4, -0.2) is 57.5 Å². The highest BCUT2D eigenvalue weighted by Crippen LogP contribution is 2.26. The molecule has 2 amide bonds. The van der Waals surface area contributed by atoms with Crippen molar-refractivity contribution in [2.75, 3.05) is 23.8 Å². The van der Waals surface area contributed by atoms with Gasteiger partial charge in [0.05, 0.1) is 13.0 Å². The van der Waals surface area contributed by atoms with Gasteiger partial charge in [-0.25, -0.2) is 9.97 Å². The van der Waals surface area contributed by atoms with Crippen molar-refractivity contribution >= 4 is 40.9 Å². The Kier molecular flexibility index (Phi) is 8.85. The van der Waals surface area contributed by atoms with Gasteiger partial charge < -0.3 is 20.6 Å². The van der Waals surface area contributed by atoms with Gasteiger partial charge in [0.15, 0.2) is 0 Å². The number of hydrogen-bond donors (Lipinski definition) is 3. The van der Waals surface area contributed by atoms with E-state index in [9.17, 15) is 19.5 Å². The van der Waals surface area contributed by atoms with Gasteiger partial charge in [0.1, 0.15) is 22.5 Å².